The number of esters is 1. The number of hydrogen-bond donors (Lipinski definition) is 1. The van der Waals surface area contributed by atoms with Gasteiger partial charge < -0.3 is 14.8 Å². The topological polar surface area (TPSA) is 64.6 Å². The van der Waals surface area contributed by atoms with Crippen molar-refractivity contribution in [3.63, 3.8) is 0 Å². The fourth-order valence-corrected chi connectivity index (χ4v) is 3.16. The van der Waals surface area contributed by atoms with Crippen LogP contribution in [0.3, 0.4) is 0 Å². The Morgan fingerprint density at radius 2 is 2.04 bits per heavy atom. The van der Waals surface area contributed by atoms with E-state index in [9.17, 15) is 9.59 Å². The average molecular weight is 345 g/mol. The Morgan fingerprint density at radius 3 is 2.68 bits per heavy atom. The zero-order chi connectivity index (χ0) is 18.4. The van der Waals surface area contributed by atoms with Crippen LogP contribution < -0.4 is 5.32 Å². The molecule has 5 nitrogen and oxygen atoms in total. The second-order valence-corrected chi connectivity index (χ2v) is 6.62. The Bertz CT molecular complexity index is 628. The van der Waals surface area contributed by atoms with Crippen LogP contribution in [-0.4, -0.2) is 37.6 Å². The molecule has 1 saturated heterocycles. The van der Waals surface area contributed by atoms with E-state index < -0.39 is 17.5 Å². The quantitative estimate of drug-likeness (QED) is 0.356. The summed E-state index contributed by atoms with van der Waals surface area (Å²) in [5.74, 6) is -0.840. The van der Waals surface area contributed by atoms with Crippen molar-refractivity contribution in [2.45, 2.75) is 45.4 Å². The van der Waals surface area contributed by atoms with Gasteiger partial charge in [0.2, 0.25) is 0 Å². The van der Waals surface area contributed by atoms with E-state index in [2.05, 4.69) is 24.0 Å². The number of Topliss-reactive ketones (excluding diaryl/α,β-unsaturated/α-hetero) is 1. The molecule has 0 aliphatic carbocycles. The van der Waals surface area contributed by atoms with Crippen molar-refractivity contribution in [1.29, 1.82) is 0 Å². The van der Waals surface area contributed by atoms with Crippen molar-refractivity contribution in [3.8, 4) is 0 Å². The molecule has 0 unspecified atom stereocenters. The lowest BCUT2D eigenvalue weighted by Gasteiger charge is -2.41. The second kappa shape index (κ2) is 8.41. The van der Waals surface area contributed by atoms with Gasteiger partial charge in [0.15, 0.2) is 11.2 Å². The lowest BCUT2D eigenvalue weighted by Crippen LogP contribution is -2.55. The summed E-state index contributed by atoms with van der Waals surface area (Å²) in [5, 5.41) is 3.37. The first-order valence-electron chi connectivity index (χ1n) is 8.63. The second-order valence-electron chi connectivity index (χ2n) is 6.62. The van der Waals surface area contributed by atoms with Gasteiger partial charge in [0.1, 0.15) is 0 Å². The zero-order valence-electron chi connectivity index (χ0n) is 15.2. The molecule has 0 radical (unpaired) electrons. The summed E-state index contributed by atoms with van der Waals surface area (Å²) in [6.45, 7) is 8.72. The van der Waals surface area contributed by atoms with Gasteiger partial charge >= 0.3 is 5.97 Å². The number of carbonyl (C=O) groups excluding carboxylic acids is 2. The number of ketones is 1. The summed E-state index contributed by atoms with van der Waals surface area (Å²) >= 11 is 0. The molecule has 1 aromatic rings. The first kappa shape index (κ1) is 19.3. The maximum Gasteiger partial charge on any atom is 0.322 e. The number of methoxy groups -OCH3 is 1. The van der Waals surface area contributed by atoms with Crippen LogP contribution in [0, 0.1) is 5.41 Å². The summed E-state index contributed by atoms with van der Waals surface area (Å²) in [5.41, 5.74) is 0.222. The Hall–Kier alpha value is -1.98. The van der Waals surface area contributed by atoms with Crippen LogP contribution in [-0.2, 0) is 25.6 Å². The first-order valence-corrected chi connectivity index (χ1v) is 8.63. The molecule has 1 aromatic carbocycles. The van der Waals surface area contributed by atoms with Crippen molar-refractivity contribution in [3.05, 3.63) is 48.0 Å². The molecule has 0 amide bonds. The van der Waals surface area contributed by atoms with Crippen LogP contribution >= 0.6 is 0 Å². The van der Waals surface area contributed by atoms with Crippen molar-refractivity contribution in [2.24, 2.45) is 5.41 Å². The molecule has 136 valence electrons. The molecule has 2 rings (SSSR count). The predicted molar refractivity (Wildman–Crippen MR) is 96.0 cm³/mol. The van der Waals surface area contributed by atoms with Crippen LogP contribution in [0.2, 0.25) is 0 Å². The Labute approximate surface area is 149 Å². The number of carbonyl (C=O) groups is 2. The third kappa shape index (κ3) is 4.17. The van der Waals surface area contributed by atoms with Gasteiger partial charge in [-0.1, -0.05) is 36.9 Å². The molecule has 1 fully saturated rings. The van der Waals surface area contributed by atoms with Crippen LogP contribution in [0.15, 0.2) is 42.5 Å². The molecule has 0 bridgehead atoms. The fraction of sp³-hybridized carbons (Fsp3) is 0.500. The van der Waals surface area contributed by atoms with E-state index in [1.807, 2.05) is 18.2 Å². The Kier molecular flexibility index (Phi) is 6.51. The van der Waals surface area contributed by atoms with Gasteiger partial charge in [-0.15, -0.1) is 0 Å². The highest BCUT2D eigenvalue weighted by atomic mass is 16.5. The minimum absolute atomic E-state index is 0.277. The molecule has 0 spiro atoms. The minimum atomic E-state index is -1.32. The predicted octanol–water partition coefficient (Wildman–Crippen LogP) is 2.65. The molecule has 0 aromatic heterocycles. The van der Waals surface area contributed by atoms with Gasteiger partial charge in [-0.3, -0.25) is 9.59 Å². The summed E-state index contributed by atoms with van der Waals surface area (Å²) < 4.78 is 10.8. The molecule has 1 aliphatic heterocycles. The van der Waals surface area contributed by atoms with Crippen LogP contribution in [0.5, 0.6) is 0 Å². The van der Waals surface area contributed by atoms with E-state index in [-0.39, 0.29) is 11.9 Å². The molecule has 0 saturated carbocycles. The smallest absolute Gasteiger partial charge is 0.322 e. The van der Waals surface area contributed by atoms with E-state index in [1.54, 1.807) is 13.8 Å². The molecular formula is C20H27NO4. The molecule has 3 atom stereocenters. The zero-order valence-corrected chi connectivity index (χ0v) is 15.2. The van der Waals surface area contributed by atoms with Gasteiger partial charge in [-0.2, -0.15) is 0 Å². The highest BCUT2D eigenvalue weighted by Gasteiger charge is 2.54. The van der Waals surface area contributed by atoms with Gasteiger partial charge in [-0.05, 0) is 38.8 Å². The average Bonchev–Trinajstić information content (AvgIpc) is 2.63. The van der Waals surface area contributed by atoms with E-state index >= 15 is 0 Å². The van der Waals surface area contributed by atoms with Crippen LogP contribution in [0.25, 0.3) is 0 Å². The number of nitrogens with one attached hydrogen (secondary N) is 1. The summed E-state index contributed by atoms with van der Waals surface area (Å²) in [6, 6.07) is 10.1. The van der Waals surface area contributed by atoms with Crippen molar-refractivity contribution < 1.29 is 19.1 Å². The number of rotatable bonds is 7. The van der Waals surface area contributed by atoms with Gasteiger partial charge in [0.05, 0.1) is 19.3 Å². The number of ether oxygens (including phenoxy) is 2. The SMILES string of the molecule is C=C1C(=O)[C@](C)(C(=O)OC)[C@@H](CCCNCc2ccccc2)O[C@H]1C. The molecule has 1 aliphatic rings. The third-order valence-electron chi connectivity index (χ3n) is 4.87. The van der Waals surface area contributed by atoms with E-state index in [0.717, 1.165) is 19.5 Å². The standard InChI is InChI=1S/C20H27NO4/c1-14-15(2)25-17(20(3,18(14)22)19(23)24-4)11-8-12-21-13-16-9-6-5-7-10-16/h5-7,9-10,15,17,21H,1,8,11-13H2,2-4H3/t15-,17+,20+/m0/s1. The summed E-state index contributed by atoms with van der Waals surface area (Å²) in [6.07, 6.45) is 0.492. The monoisotopic (exact) mass is 345 g/mol. The Morgan fingerprint density at radius 1 is 1.36 bits per heavy atom. The summed E-state index contributed by atoms with van der Waals surface area (Å²) in [7, 11) is 1.29. The van der Waals surface area contributed by atoms with Crippen molar-refractivity contribution in [2.75, 3.05) is 13.7 Å². The lowest BCUT2D eigenvalue weighted by atomic mass is 9.72. The van der Waals surface area contributed by atoms with Crippen molar-refractivity contribution >= 4 is 11.8 Å². The normalized spacial score (nSPS) is 26.5. The maximum absolute atomic E-state index is 12.6. The number of benzene rings is 1. The minimum Gasteiger partial charge on any atom is -0.468 e. The highest BCUT2D eigenvalue weighted by molar-refractivity contribution is 6.13. The lowest BCUT2D eigenvalue weighted by molar-refractivity contribution is -0.175. The molecule has 1 heterocycles. The third-order valence-corrected chi connectivity index (χ3v) is 4.87. The van der Waals surface area contributed by atoms with Crippen LogP contribution in [0.1, 0.15) is 32.3 Å². The fourth-order valence-electron chi connectivity index (χ4n) is 3.16. The molecule has 1 N–H and O–H groups in total. The van der Waals surface area contributed by atoms with Crippen LogP contribution in [0.4, 0.5) is 0 Å². The van der Waals surface area contributed by atoms with Gasteiger partial charge in [0.25, 0.3) is 0 Å². The van der Waals surface area contributed by atoms with E-state index in [4.69, 9.17) is 9.47 Å². The van der Waals surface area contributed by atoms with Gasteiger partial charge in [-0.25, -0.2) is 0 Å². The van der Waals surface area contributed by atoms with E-state index in [1.165, 1.54) is 12.7 Å². The maximum atomic E-state index is 12.6. The Balaban J connectivity index is 1.92. The first-order chi connectivity index (χ1) is 11.9. The highest BCUT2D eigenvalue weighted by Crippen LogP contribution is 2.38. The largest absolute Gasteiger partial charge is 0.468 e. The van der Waals surface area contributed by atoms with Gasteiger partial charge in [0, 0.05) is 12.1 Å². The van der Waals surface area contributed by atoms with E-state index in [0.29, 0.717) is 12.0 Å². The summed E-state index contributed by atoms with van der Waals surface area (Å²) in [4.78, 5) is 24.9. The number of hydrogen-bond acceptors (Lipinski definition) is 5. The molecule has 25 heavy (non-hydrogen) atoms. The van der Waals surface area contributed by atoms with Crippen molar-refractivity contribution in [1.82, 2.24) is 5.32 Å². The molecular weight excluding hydrogens is 318 g/mol. The molecule has 5 heteroatoms.